The van der Waals surface area contributed by atoms with Gasteiger partial charge < -0.3 is 10.4 Å². The van der Waals surface area contributed by atoms with Gasteiger partial charge in [-0.1, -0.05) is 6.92 Å². The van der Waals surface area contributed by atoms with E-state index in [2.05, 4.69) is 12.2 Å². The van der Waals surface area contributed by atoms with Crippen LogP contribution in [0.25, 0.3) is 0 Å². The van der Waals surface area contributed by atoms with Crippen LogP contribution in [0.15, 0.2) is 0 Å². The summed E-state index contributed by atoms with van der Waals surface area (Å²) in [5.41, 5.74) is 0. The molecule has 3 heteroatoms. The second-order valence-electron chi connectivity index (χ2n) is 2.98. The standard InChI is InChI=1S/C7H13NO2/c1-5-2-3-6(7(9)10)8-4-5/h5-6,8H,2-4H2,1H3,(H,9,10)/t5-,6?/m0/s1. The molecule has 2 atom stereocenters. The summed E-state index contributed by atoms with van der Waals surface area (Å²) in [6.45, 7) is 2.97. The fourth-order valence-electron chi connectivity index (χ4n) is 1.21. The summed E-state index contributed by atoms with van der Waals surface area (Å²) in [5.74, 6) is -0.0810. The minimum atomic E-state index is -0.716. The van der Waals surface area contributed by atoms with Crippen molar-refractivity contribution in [3.63, 3.8) is 0 Å². The number of hydrogen-bond donors (Lipinski definition) is 2. The molecule has 0 bridgehead atoms. The zero-order valence-corrected chi connectivity index (χ0v) is 6.13. The molecule has 1 aliphatic heterocycles. The number of nitrogens with one attached hydrogen (secondary N) is 1. The van der Waals surface area contributed by atoms with Crippen molar-refractivity contribution < 1.29 is 9.90 Å². The molecule has 0 aromatic heterocycles. The summed E-state index contributed by atoms with van der Waals surface area (Å²) in [7, 11) is 0. The molecule has 1 heterocycles. The highest BCUT2D eigenvalue weighted by Gasteiger charge is 2.22. The highest BCUT2D eigenvalue weighted by atomic mass is 16.4. The van der Waals surface area contributed by atoms with E-state index in [1.54, 1.807) is 0 Å². The molecule has 0 amide bonds. The molecular formula is C7H13NO2. The Kier molecular flexibility index (Phi) is 2.27. The van der Waals surface area contributed by atoms with Gasteiger partial charge in [-0.3, -0.25) is 4.79 Å². The lowest BCUT2D eigenvalue weighted by Crippen LogP contribution is -2.43. The van der Waals surface area contributed by atoms with E-state index in [9.17, 15) is 4.79 Å². The Morgan fingerprint density at radius 3 is 2.70 bits per heavy atom. The molecular weight excluding hydrogens is 130 g/mol. The molecule has 10 heavy (non-hydrogen) atoms. The fourth-order valence-corrected chi connectivity index (χ4v) is 1.21. The van der Waals surface area contributed by atoms with Crippen molar-refractivity contribution in [3.8, 4) is 0 Å². The van der Waals surface area contributed by atoms with Crippen LogP contribution in [0.2, 0.25) is 0 Å². The third-order valence-corrected chi connectivity index (χ3v) is 1.96. The maximum Gasteiger partial charge on any atom is 0.320 e. The highest BCUT2D eigenvalue weighted by Crippen LogP contribution is 2.12. The summed E-state index contributed by atoms with van der Waals surface area (Å²) in [6.07, 6.45) is 1.81. The Labute approximate surface area is 60.4 Å². The van der Waals surface area contributed by atoms with Gasteiger partial charge in [0, 0.05) is 0 Å². The van der Waals surface area contributed by atoms with Crippen molar-refractivity contribution >= 4 is 5.97 Å². The van der Waals surface area contributed by atoms with Crippen LogP contribution in [-0.4, -0.2) is 23.7 Å². The van der Waals surface area contributed by atoms with E-state index < -0.39 is 5.97 Å². The second-order valence-corrected chi connectivity index (χ2v) is 2.98. The monoisotopic (exact) mass is 143 g/mol. The number of piperidine rings is 1. The molecule has 58 valence electrons. The molecule has 0 aliphatic carbocycles. The highest BCUT2D eigenvalue weighted by molar-refractivity contribution is 5.73. The maximum atomic E-state index is 10.4. The van der Waals surface area contributed by atoms with E-state index in [-0.39, 0.29) is 6.04 Å². The van der Waals surface area contributed by atoms with Crippen molar-refractivity contribution in [3.05, 3.63) is 0 Å². The van der Waals surface area contributed by atoms with Crippen LogP contribution in [0.5, 0.6) is 0 Å². The van der Waals surface area contributed by atoms with E-state index >= 15 is 0 Å². The van der Waals surface area contributed by atoms with Crippen molar-refractivity contribution in [1.82, 2.24) is 5.32 Å². The predicted molar refractivity (Wildman–Crippen MR) is 37.8 cm³/mol. The first-order valence-corrected chi connectivity index (χ1v) is 3.66. The van der Waals surface area contributed by atoms with E-state index in [0.29, 0.717) is 5.92 Å². The molecule has 1 saturated heterocycles. The van der Waals surface area contributed by atoms with Crippen molar-refractivity contribution in [2.24, 2.45) is 5.92 Å². The quantitative estimate of drug-likeness (QED) is 0.560. The minimum Gasteiger partial charge on any atom is -0.480 e. The van der Waals surface area contributed by atoms with Gasteiger partial charge in [0.15, 0.2) is 0 Å². The van der Waals surface area contributed by atoms with Crippen LogP contribution in [-0.2, 0) is 4.79 Å². The Hall–Kier alpha value is -0.570. The van der Waals surface area contributed by atoms with Gasteiger partial charge in [0.1, 0.15) is 6.04 Å². The van der Waals surface area contributed by atoms with Gasteiger partial charge in [0.2, 0.25) is 0 Å². The summed E-state index contributed by atoms with van der Waals surface area (Å²) in [5, 5.41) is 11.5. The van der Waals surface area contributed by atoms with Crippen LogP contribution >= 0.6 is 0 Å². The molecule has 0 aromatic carbocycles. The Morgan fingerprint density at radius 2 is 2.30 bits per heavy atom. The smallest absolute Gasteiger partial charge is 0.320 e. The molecule has 2 N–H and O–H groups in total. The van der Waals surface area contributed by atoms with Crippen molar-refractivity contribution in [1.29, 1.82) is 0 Å². The first kappa shape index (κ1) is 7.54. The summed E-state index contributed by atoms with van der Waals surface area (Å²) >= 11 is 0. The average molecular weight is 143 g/mol. The van der Waals surface area contributed by atoms with E-state index in [1.165, 1.54) is 0 Å². The van der Waals surface area contributed by atoms with Gasteiger partial charge in [0.05, 0.1) is 0 Å². The summed E-state index contributed by atoms with van der Waals surface area (Å²) in [4.78, 5) is 10.4. The summed E-state index contributed by atoms with van der Waals surface area (Å²) < 4.78 is 0. The fraction of sp³-hybridized carbons (Fsp3) is 0.857. The number of carbonyl (C=O) groups is 1. The SMILES string of the molecule is C[C@H]1CCC(C(=O)O)NC1. The lowest BCUT2D eigenvalue weighted by Gasteiger charge is -2.24. The molecule has 1 aliphatic rings. The van der Waals surface area contributed by atoms with Gasteiger partial charge in [0.25, 0.3) is 0 Å². The van der Waals surface area contributed by atoms with Gasteiger partial charge in [-0.2, -0.15) is 0 Å². The molecule has 3 nitrogen and oxygen atoms in total. The predicted octanol–water partition coefficient (Wildman–Crippen LogP) is 0.459. The third-order valence-electron chi connectivity index (χ3n) is 1.96. The Morgan fingerprint density at radius 1 is 1.60 bits per heavy atom. The van der Waals surface area contributed by atoms with Crippen molar-refractivity contribution in [2.45, 2.75) is 25.8 Å². The molecule has 1 unspecified atom stereocenters. The molecule has 1 rings (SSSR count). The maximum absolute atomic E-state index is 10.4. The van der Waals surface area contributed by atoms with Gasteiger partial charge in [-0.15, -0.1) is 0 Å². The van der Waals surface area contributed by atoms with Gasteiger partial charge in [-0.05, 0) is 25.3 Å². The van der Waals surface area contributed by atoms with Crippen LogP contribution in [0.1, 0.15) is 19.8 Å². The van der Waals surface area contributed by atoms with Crippen LogP contribution in [0.3, 0.4) is 0 Å². The topological polar surface area (TPSA) is 49.3 Å². The minimum absolute atomic E-state index is 0.295. The normalized spacial score (nSPS) is 33.7. The Balaban J connectivity index is 2.33. The zero-order valence-electron chi connectivity index (χ0n) is 6.13. The third kappa shape index (κ3) is 1.70. The largest absolute Gasteiger partial charge is 0.480 e. The molecule has 0 aromatic rings. The lowest BCUT2D eigenvalue weighted by molar-refractivity contribution is -0.140. The van der Waals surface area contributed by atoms with Gasteiger partial charge >= 0.3 is 5.97 Å². The van der Waals surface area contributed by atoms with E-state index in [0.717, 1.165) is 19.4 Å². The number of hydrogen-bond acceptors (Lipinski definition) is 2. The van der Waals surface area contributed by atoms with E-state index in [4.69, 9.17) is 5.11 Å². The van der Waals surface area contributed by atoms with Crippen LogP contribution < -0.4 is 5.32 Å². The number of rotatable bonds is 1. The second kappa shape index (κ2) is 3.01. The zero-order chi connectivity index (χ0) is 7.56. The number of carboxylic acid groups (broad SMARTS) is 1. The first-order valence-electron chi connectivity index (χ1n) is 3.66. The van der Waals surface area contributed by atoms with Crippen LogP contribution in [0, 0.1) is 5.92 Å². The molecule has 1 fully saturated rings. The van der Waals surface area contributed by atoms with Gasteiger partial charge in [-0.25, -0.2) is 0 Å². The lowest BCUT2D eigenvalue weighted by atomic mass is 9.97. The Bertz CT molecular complexity index is 128. The van der Waals surface area contributed by atoms with Crippen molar-refractivity contribution in [2.75, 3.05) is 6.54 Å². The van der Waals surface area contributed by atoms with Crippen LogP contribution in [0.4, 0.5) is 0 Å². The first-order chi connectivity index (χ1) is 4.70. The van der Waals surface area contributed by atoms with E-state index in [1.807, 2.05) is 0 Å². The number of carboxylic acids is 1. The molecule has 0 spiro atoms. The molecule has 0 radical (unpaired) electrons. The average Bonchev–Trinajstić information content (AvgIpc) is 1.88. The number of aliphatic carboxylic acids is 1. The summed E-state index contributed by atoms with van der Waals surface area (Å²) in [6, 6.07) is -0.295. The molecule has 0 saturated carbocycles.